The zero-order chi connectivity index (χ0) is 43.8. The molecular weight excluding hydrogens is 759 g/mol. The van der Waals surface area contributed by atoms with Gasteiger partial charge in [-0.1, -0.05) is 48.5 Å². The van der Waals surface area contributed by atoms with E-state index in [1.807, 2.05) is 60.7 Å². The Bertz CT molecular complexity index is 1880. The van der Waals surface area contributed by atoms with Gasteiger partial charge in [-0.15, -0.1) is 0 Å². The van der Waals surface area contributed by atoms with Crippen LogP contribution in [-0.2, 0) is 51.2 Å². The van der Waals surface area contributed by atoms with Crippen molar-refractivity contribution in [3.05, 3.63) is 78.0 Å². The van der Waals surface area contributed by atoms with Gasteiger partial charge in [-0.3, -0.25) is 14.6 Å². The van der Waals surface area contributed by atoms with Crippen molar-refractivity contribution < 1.29 is 47.7 Å². The highest BCUT2D eigenvalue weighted by Gasteiger charge is 2.31. The highest BCUT2D eigenvalue weighted by Crippen LogP contribution is 2.17. The van der Waals surface area contributed by atoms with E-state index in [0.29, 0.717) is 12.8 Å². The lowest BCUT2D eigenvalue weighted by molar-refractivity contribution is -0.159. The summed E-state index contributed by atoms with van der Waals surface area (Å²) in [6, 6.07) is 14.4. The number of nitrogens with zero attached hydrogens (tertiary/aromatic N) is 1. The second kappa shape index (κ2) is 21.9. The minimum absolute atomic E-state index is 0.0273. The van der Waals surface area contributed by atoms with Crippen molar-refractivity contribution in [2.45, 2.75) is 142 Å². The molecule has 0 bridgehead atoms. The molecule has 0 aliphatic carbocycles. The number of urea groups is 1. The first-order chi connectivity index (χ1) is 27.6. The molecular formula is C44H61N5O10. The fraction of sp³-hybridized carbons (Fsp3) is 0.523. The van der Waals surface area contributed by atoms with Gasteiger partial charge in [-0.2, -0.15) is 0 Å². The van der Waals surface area contributed by atoms with E-state index in [-0.39, 0.29) is 38.8 Å². The molecule has 1 heterocycles. The van der Waals surface area contributed by atoms with Gasteiger partial charge in [0, 0.05) is 31.0 Å². The lowest BCUT2D eigenvalue weighted by Gasteiger charge is -2.27. The number of ether oxygens (including phenoxy) is 4. The number of pyridine rings is 1. The van der Waals surface area contributed by atoms with Crippen molar-refractivity contribution >= 4 is 46.8 Å². The summed E-state index contributed by atoms with van der Waals surface area (Å²) < 4.78 is 21.8. The average Bonchev–Trinajstić information content (AvgIpc) is 3.13. The molecule has 3 atom stereocenters. The van der Waals surface area contributed by atoms with E-state index in [1.54, 1.807) is 68.5 Å². The number of rotatable bonds is 18. The molecule has 2 aromatic carbocycles. The van der Waals surface area contributed by atoms with Crippen molar-refractivity contribution in [1.82, 2.24) is 26.3 Å². The van der Waals surface area contributed by atoms with Crippen LogP contribution in [0.3, 0.4) is 0 Å². The number of aromatic nitrogens is 1. The van der Waals surface area contributed by atoms with Crippen LogP contribution in [0.2, 0.25) is 0 Å². The van der Waals surface area contributed by atoms with Crippen LogP contribution in [0, 0.1) is 0 Å². The molecule has 322 valence electrons. The number of fused-ring (bicyclic) bond motifs is 1. The average molecular weight is 820 g/mol. The van der Waals surface area contributed by atoms with Crippen LogP contribution in [0.1, 0.15) is 106 Å². The number of unbranched alkanes of at least 4 members (excludes halogenated alkanes) is 1. The minimum atomic E-state index is -1.22. The highest BCUT2D eigenvalue weighted by atomic mass is 16.6. The van der Waals surface area contributed by atoms with Crippen LogP contribution < -0.4 is 21.3 Å². The number of hydrogen-bond acceptors (Lipinski definition) is 11. The van der Waals surface area contributed by atoms with E-state index >= 15 is 0 Å². The van der Waals surface area contributed by atoms with E-state index in [4.69, 9.17) is 18.9 Å². The summed E-state index contributed by atoms with van der Waals surface area (Å²) >= 11 is 0. The second-order valence-electron chi connectivity index (χ2n) is 17.2. The van der Waals surface area contributed by atoms with Crippen LogP contribution in [0.15, 0.2) is 66.9 Å². The Morgan fingerprint density at radius 2 is 1.25 bits per heavy atom. The maximum atomic E-state index is 13.5. The lowest BCUT2D eigenvalue weighted by atomic mass is 10.0. The highest BCUT2D eigenvalue weighted by molar-refractivity contribution is 5.88. The SMILES string of the molecule is CC(C)(C)OC(=O)CC[C@H](NC(=O)N[C@@H](CCCCNC(=O)[C@@H](Cc1ccc2cccnc2c1)NC(=O)OCc1ccccc1)C(=O)OC(C)(C)C)C(=O)OC(C)(C)C. The fourth-order valence-corrected chi connectivity index (χ4v) is 5.66. The molecule has 3 rings (SSSR count). The predicted molar refractivity (Wildman–Crippen MR) is 222 cm³/mol. The molecule has 0 saturated heterocycles. The van der Waals surface area contributed by atoms with Crippen molar-refractivity contribution in [2.75, 3.05) is 6.54 Å². The standard InChI is InChI=1S/C44H61N5O10/c1-42(2,3)57-36(50)23-22-33(39(53)59-44(7,8)9)48-40(54)47-32(38(52)58-43(4,5)6)19-13-14-24-46-37(51)35(49-41(55)56-28-29-16-11-10-12-17-29)27-30-20-21-31-18-15-25-45-34(31)26-30/h10-12,15-18,20-21,25-26,32-33,35H,13-14,19,22-24,27-28H2,1-9H3,(H,46,51)(H,49,55)(H2,47,48,54)/t32-,33-,35+/m0/s1. The molecule has 0 aliphatic heterocycles. The topological polar surface area (TPSA) is 200 Å². The van der Waals surface area contributed by atoms with Crippen LogP contribution in [0.5, 0.6) is 0 Å². The van der Waals surface area contributed by atoms with Crippen molar-refractivity contribution in [2.24, 2.45) is 0 Å². The molecule has 0 aliphatic rings. The Kier molecular flexibility index (Phi) is 17.7. The molecule has 0 fully saturated rings. The number of esters is 3. The quantitative estimate of drug-likeness (QED) is 0.0647. The second-order valence-corrected chi connectivity index (χ2v) is 17.2. The smallest absolute Gasteiger partial charge is 0.408 e. The maximum absolute atomic E-state index is 13.5. The summed E-state index contributed by atoms with van der Waals surface area (Å²) in [7, 11) is 0. The van der Waals surface area contributed by atoms with Crippen LogP contribution in [-0.4, -0.2) is 82.4 Å². The van der Waals surface area contributed by atoms with Crippen molar-refractivity contribution in [3.8, 4) is 0 Å². The number of benzene rings is 2. The third-order valence-electron chi connectivity index (χ3n) is 8.20. The molecule has 1 aromatic heterocycles. The van der Waals surface area contributed by atoms with E-state index in [1.165, 1.54) is 0 Å². The van der Waals surface area contributed by atoms with Gasteiger partial charge in [-0.05, 0) is 111 Å². The number of hydrogen-bond donors (Lipinski definition) is 4. The van der Waals surface area contributed by atoms with Crippen LogP contribution in [0.25, 0.3) is 10.9 Å². The third kappa shape index (κ3) is 19.0. The van der Waals surface area contributed by atoms with E-state index in [2.05, 4.69) is 26.3 Å². The molecule has 15 nitrogen and oxygen atoms in total. The first-order valence-electron chi connectivity index (χ1n) is 19.9. The van der Waals surface area contributed by atoms with E-state index < -0.39 is 70.9 Å². The summed E-state index contributed by atoms with van der Waals surface area (Å²) in [4.78, 5) is 82.9. The summed E-state index contributed by atoms with van der Waals surface area (Å²) in [5, 5.41) is 11.7. The molecule has 0 radical (unpaired) electrons. The number of alkyl carbamates (subject to hydrolysis) is 1. The van der Waals surface area contributed by atoms with Crippen molar-refractivity contribution in [3.63, 3.8) is 0 Å². The van der Waals surface area contributed by atoms with Gasteiger partial charge in [0.15, 0.2) is 0 Å². The summed E-state index contributed by atoms with van der Waals surface area (Å²) in [5.74, 6) is -2.44. The van der Waals surface area contributed by atoms with Gasteiger partial charge in [0.2, 0.25) is 5.91 Å². The molecule has 0 spiro atoms. The summed E-state index contributed by atoms with van der Waals surface area (Å²) in [6.45, 7) is 15.5. The minimum Gasteiger partial charge on any atom is -0.460 e. The number of amides is 4. The third-order valence-corrected chi connectivity index (χ3v) is 8.20. The fourth-order valence-electron chi connectivity index (χ4n) is 5.66. The van der Waals surface area contributed by atoms with Gasteiger partial charge in [0.1, 0.15) is 41.5 Å². The first kappa shape index (κ1) is 47.6. The Morgan fingerprint density at radius 3 is 1.86 bits per heavy atom. The molecule has 0 unspecified atom stereocenters. The molecule has 15 heteroatoms. The molecule has 3 aromatic rings. The largest absolute Gasteiger partial charge is 0.460 e. The molecule has 4 N–H and O–H groups in total. The maximum Gasteiger partial charge on any atom is 0.408 e. The number of nitrogens with one attached hydrogen (secondary N) is 4. The monoisotopic (exact) mass is 819 g/mol. The van der Waals surface area contributed by atoms with Crippen LogP contribution in [0.4, 0.5) is 9.59 Å². The van der Waals surface area contributed by atoms with Gasteiger partial charge in [0.05, 0.1) is 5.52 Å². The Labute approximate surface area is 347 Å². The van der Waals surface area contributed by atoms with Gasteiger partial charge >= 0.3 is 30.0 Å². The summed E-state index contributed by atoms with van der Waals surface area (Å²) in [5.41, 5.74) is -0.149. The lowest BCUT2D eigenvalue weighted by Crippen LogP contribution is -2.53. The molecule has 4 amide bonds. The Balaban J connectivity index is 1.65. The Hall–Kier alpha value is -5.73. The first-order valence-corrected chi connectivity index (χ1v) is 19.9. The predicted octanol–water partition coefficient (Wildman–Crippen LogP) is 6.20. The van der Waals surface area contributed by atoms with E-state index in [9.17, 15) is 28.8 Å². The zero-order valence-corrected chi connectivity index (χ0v) is 35.8. The van der Waals surface area contributed by atoms with Gasteiger partial charge in [-0.25, -0.2) is 19.2 Å². The van der Waals surface area contributed by atoms with Gasteiger partial charge in [0.25, 0.3) is 0 Å². The number of carbonyl (C=O) groups is 6. The molecule has 59 heavy (non-hydrogen) atoms. The van der Waals surface area contributed by atoms with Gasteiger partial charge < -0.3 is 40.2 Å². The van der Waals surface area contributed by atoms with Crippen molar-refractivity contribution in [1.29, 1.82) is 0 Å². The summed E-state index contributed by atoms with van der Waals surface area (Å²) in [6.07, 6.45) is 1.71. The number of carbonyl (C=O) groups excluding carboxylic acids is 6. The molecule has 0 saturated carbocycles. The Morgan fingerprint density at radius 1 is 0.644 bits per heavy atom. The van der Waals surface area contributed by atoms with E-state index in [0.717, 1.165) is 22.0 Å². The zero-order valence-electron chi connectivity index (χ0n) is 35.8. The normalized spacial score (nSPS) is 13.2. The van der Waals surface area contributed by atoms with Crippen LogP contribution >= 0.6 is 0 Å².